The van der Waals surface area contributed by atoms with E-state index in [-0.39, 0.29) is 7.43 Å². The molecule has 0 amide bonds. The molecule has 4 rings (SSSR count). The fraction of sp³-hybridized carbons (Fsp3) is 0.556. The zero-order chi connectivity index (χ0) is 19.2. The Hall–Kier alpha value is -2.84. The second kappa shape index (κ2) is 14.3. The Morgan fingerprint density at radius 1 is 0.815 bits per heavy atom. The minimum absolute atomic E-state index is 0. The summed E-state index contributed by atoms with van der Waals surface area (Å²) < 4.78 is 1.71. The van der Waals surface area contributed by atoms with Crippen molar-refractivity contribution < 1.29 is 0 Å². The third-order valence-electron chi connectivity index (χ3n) is 3.10. The van der Waals surface area contributed by atoms with E-state index in [1.165, 1.54) is 0 Å². The van der Waals surface area contributed by atoms with Gasteiger partial charge in [0.2, 0.25) is 0 Å². The highest BCUT2D eigenvalue weighted by atomic mass is 15.4. The third kappa shape index (κ3) is 12.2. The third-order valence-corrected chi connectivity index (χ3v) is 3.10. The quantitative estimate of drug-likeness (QED) is 0.684. The van der Waals surface area contributed by atoms with Crippen molar-refractivity contribution in [2.45, 2.75) is 41.5 Å². The van der Waals surface area contributed by atoms with Crippen LogP contribution in [-0.2, 0) is 13.5 Å². The summed E-state index contributed by atoms with van der Waals surface area (Å²) in [6.07, 6.45) is 8.84. The molecule has 27 heavy (non-hydrogen) atoms. The van der Waals surface area contributed by atoms with Gasteiger partial charge in [-0.05, 0) is 45.4 Å². The number of nitrogens with zero attached hydrogens (tertiary/aromatic N) is 9. The topological polar surface area (TPSA) is 105 Å². The Kier molecular flexibility index (Phi) is 12.8. The summed E-state index contributed by atoms with van der Waals surface area (Å²) in [5, 5.41) is 29.9. The van der Waals surface area contributed by atoms with Gasteiger partial charge in [0.05, 0.1) is 42.4 Å². The predicted octanol–water partition coefficient (Wildman–Crippen LogP) is 5.08. The molecule has 0 N–H and O–H groups in total. The molecule has 0 spiro atoms. The molecule has 0 bridgehead atoms. The number of hydrogen-bond donors (Lipinski definition) is 0. The van der Waals surface area contributed by atoms with Crippen molar-refractivity contribution in [1.29, 1.82) is 0 Å². The van der Waals surface area contributed by atoms with Gasteiger partial charge in [0.15, 0.2) is 0 Å². The van der Waals surface area contributed by atoms with Crippen LogP contribution in [0.4, 0.5) is 0 Å². The van der Waals surface area contributed by atoms with Gasteiger partial charge in [-0.25, -0.2) is 0 Å². The Bertz CT molecular complexity index is 646. The van der Waals surface area contributed by atoms with Crippen LogP contribution < -0.4 is 0 Å². The molecule has 9 heteroatoms. The summed E-state index contributed by atoms with van der Waals surface area (Å²) in [5.74, 6) is 0. The van der Waals surface area contributed by atoms with Crippen LogP contribution in [0.15, 0.2) is 72.2 Å². The molecule has 0 unspecified atom stereocenters. The molecule has 0 aromatic carbocycles. The second-order valence-electron chi connectivity index (χ2n) is 5.55. The van der Waals surface area contributed by atoms with Gasteiger partial charge in [-0.3, -0.25) is 4.68 Å². The Balaban J connectivity index is 0.000000332. The monoisotopic (exact) mass is 373 g/mol. The molecule has 9 nitrogen and oxygen atoms in total. The average Bonchev–Trinajstić information content (AvgIpc) is 3.40. The van der Waals surface area contributed by atoms with Gasteiger partial charge in [-0.2, -0.15) is 30.7 Å². The first-order valence-corrected chi connectivity index (χ1v) is 8.49. The van der Waals surface area contributed by atoms with Crippen molar-refractivity contribution in [2.24, 2.45) is 37.7 Å². The van der Waals surface area contributed by atoms with E-state index in [4.69, 9.17) is 0 Å². The highest BCUT2D eigenvalue weighted by Gasteiger charge is 1.90. The molecular formula is C18H31N9. The average molecular weight is 374 g/mol. The molecule has 0 saturated carbocycles. The van der Waals surface area contributed by atoms with Crippen LogP contribution in [0, 0.1) is 0 Å². The summed E-state index contributed by atoms with van der Waals surface area (Å²) in [6, 6.07) is 0. The molecule has 0 saturated heterocycles. The van der Waals surface area contributed by atoms with E-state index in [1.54, 1.807) is 4.68 Å². The van der Waals surface area contributed by atoms with Crippen molar-refractivity contribution in [1.82, 2.24) is 15.0 Å². The van der Waals surface area contributed by atoms with E-state index in [1.807, 2.05) is 52.2 Å². The van der Waals surface area contributed by atoms with E-state index in [9.17, 15) is 0 Å². The second-order valence-corrected chi connectivity index (χ2v) is 5.55. The van der Waals surface area contributed by atoms with E-state index in [0.717, 1.165) is 48.8 Å². The largest absolute Gasteiger partial charge is 0.255 e. The first-order valence-electron chi connectivity index (χ1n) is 8.49. The number of aromatic nitrogens is 3. The molecule has 0 atom stereocenters. The molecule has 1 aromatic rings. The summed E-state index contributed by atoms with van der Waals surface area (Å²) >= 11 is 0. The lowest BCUT2D eigenvalue weighted by molar-refractivity contribution is 0.713. The number of azo groups is 3. The number of aryl methyl sites for hydroxylation is 2. The lowest BCUT2D eigenvalue weighted by Crippen LogP contribution is -1.85. The Morgan fingerprint density at radius 2 is 1.22 bits per heavy atom. The van der Waals surface area contributed by atoms with E-state index in [0.29, 0.717) is 0 Å². The van der Waals surface area contributed by atoms with E-state index < -0.39 is 0 Å². The highest BCUT2D eigenvalue weighted by molar-refractivity contribution is 5.00. The van der Waals surface area contributed by atoms with Gasteiger partial charge < -0.3 is 0 Å². The van der Waals surface area contributed by atoms with Crippen molar-refractivity contribution in [3.05, 3.63) is 47.2 Å². The maximum absolute atomic E-state index is 3.85. The molecule has 1 aromatic heterocycles. The minimum atomic E-state index is 0. The zero-order valence-corrected chi connectivity index (χ0v) is 16.2. The van der Waals surface area contributed by atoms with Crippen LogP contribution in [0.2, 0.25) is 0 Å². The van der Waals surface area contributed by atoms with Gasteiger partial charge in [-0.15, -0.1) is 5.10 Å². The van der Waals surface area contributed by atoms with Crippen LogP contribution in [0.1, 0.15) is 40.8 Å². The van der Waals surface area contributed by atoms with Gasteiger partial charge >= 0.3 is 0 Å². The van der Waals surface area contributed by atoms with Crippen molar-refractivity contribution >= 4 is 0 Å². The normalized spacial score (nSPS) is 15.2. The molecule has 0 radical (unpaired) electrons. The number of rotatable bonds is 1. The van der Waals surface area contributed by atoms with E-state index in [2.05, 4.69) is 47.9 Å². The maximum Gasteiger partial charge on any atom is 0.0824 e. The summed E-state index contributed by atoms with van der Waals surface area (Å²) in [7, 11) is 1.87. The zero-order valence-electron chi connectivity index (χ0n) is 16.2. The standard InChI is InChI=1S/C5H9N3.3C4H6N2.CH4/c1-3-5-4-8(2)7-6-5;3*1-4-2-3-5-6-4;/h4H,3H2,1-2H3;3*2H,3H2,1H3;1H4. The minimum Gasteiger partial charge on any atom is -0.255 e. The van der Waals surface area contributed by atoms with Crippen LogP contribution in [0.3, 0.4) is 0 Å². The van der Waals surface area contributed by atoms with E-state index >= 15 is 0 Å². The number of hydrogen-bond acceptors (Lipinski definition) is 8. The summed E-state index contributed by atoms with van der Waals surface area (Å²) in [4.78, 5) is 0. The Morgan fingerprint density at radius 3 is 1.33 bits per heavy atom. The van der Waals surface area contributed by atoms with Crippen LogP contribution in [-0.4, -0.2) is 34.6 Å². The lowest BCUT2D eigenvalue weighted by Gasteiger charge is -1.78. The highest BCUT2D eigenvalue weighted by Crippen LogP contribution is 2.02. The van der Waals surface area contributed by atoms with Crippen molar-refractivity contribution in [3.8, 4) is 0 Å². The predicted molar refractivity (Wildman–Crippen MR) is 108 cm³/mol. The molecule has 3 aliphatic rings. The first-order chi connectivity index (χ1) is 12.5. The molecule has 0 fully saturated rings. The molecular weight excluding hydrogens is 342 g/mol. The smallest absolute Gasteiger partial charge is 0.0824 e. The first kappa shape index (κ1) is 24.2. The SMILES string of the molecule is C.CC1=CCN=N1.CC1=CCN=N1.CC1=CCN=N1.CCc1cn(C)nn1. The Labute approximate surface area is 161 Å². The number of allylic oxidation sites excluding steroid dienone is 3. The van der Waals surface area contributed by atoms with Crippen LogP contribution in [0.25, 0.3) is 0 Å². The summed E-state index contributed by atoms with van der Waals surface area (Å²) in [5.41, 5.74) is 4.16. The molecule has 0 aliphatic carbocycles. The van der Waals surface area contributed by atoms with Crippen molar-refractivity contribution in [2.75, 3.05) is 19.6 Å². The molecule has 148 valence electrons. The fourth-order valence-electron chi connectivity index (χ4n) is 1.66. The van der Waals surface area contributed by atoms with Gasteiger partial charge in [0.1, 0.15) is 0 Å². The van der Waals surface area contributed by atoms with Crippen LogP contribution >= 0.6 is 0 Å². The van der Waals surface area contributed by atoms with Crippen LogP contribution in [0.5, 0.6) is 0 Å². The fourth-order valence-corrected chi connectivity index (χ4v) is 1.66. The van der Waals surface area contributed by atoms with Gasteiger partial charge in [0.25, 0.3) is 0 Å². The summed E-state index contributed by atoms with van der Waals surface area (Å²) in [6.45, 7) is 10.2. The van der Waals surface area contributed by atoms with Gasteiger partial charge in [0, 0.05) is 13.2 Å². The molecule has 4 heterocycles. The van der Waals surface area contributed by atoms with Crippen molar-refractivity contribution in [3.63, 3.8) is 0 Å². The maximum atomic E-state index is 3.85. The lowest BCUT2D eigenvalue weighted by atomic mass is 10.4. The van der Waals surface area contributed by atoms with Gasteiger partial charge in [-0.1, -0.05) is 19.6 Å². The molecule has 3 aliphatic heterocycles.